The van der Waals surface area contributed by atoms with E-state index in [1.165, 1.54) is 0 Å². The van der Waals surface area contributed by atoms with Crippen molar-refractivity contribution in [3.05, 3.63) is 24.3 Å². The first-order valence-corrected chi connectivity index (χ1v) is 7.40. The Balaban J connectivity index is 1.63. The summed E-state index contributed by atoms with van der Waals surface area (Å²) in [5, 5.41) is 2.89. The molecule has 0 atom stereocenters. The van der Waals surface area contributed by atoms with Crippen molar-refractivity contribution in [2.24, 2.45) is 5.92 Å². The highest BCUT2D eigenvalue weighted by Gasteiger charge is 2.17. The quantitative estimate of drug-likeness (QED) is 0.781. The molecular weight excluding hydrogens is 270 g/mol. The van der Waals surface area contributed by atoms with Gasteiger partial charge in [-0.15, -0.1) is 0 Å². The first-order chi connectivity index (χ1) is 10.3. The number of hydrogen-bond acceptors (Lipinski definition) is 4. The molecule has 0 bridgehead atoms. The highest BCUT2D eigenvalue weighted by atomic mass is 16.5. The fraction of sp³-hybridized carbons (Fsp3) is 0.562. The van der Waals surface area contributed by atoms with Crippen LogP contribution in [-0.4, -0.2) is 39.4 Å². The van der Waals surface area contributed by atoms with Crippen LogP contribution in [0.3, 0.4) is 0 Å². The predicted octanol–water partition coefficient (Wildman–Crippen LogP) is 2.01. The van der Waals surface area contributed by atoms with E-state index in [9.17, 15) is 4.79 Å². The molecule has 1 heterocycles. The molecule has 2 rings (SSSR count). The molecule has 21 heavy (non-hydrogen) atoms. The highest BCUT2D eigenvalue weighted by molar-refractivity contribution is 5.76. The van der Waals surface area contributed by atoms with E-state index in [0.29, 0.717) is 37.0 Å². The molecule has 1 fully saturated rings. The lowest BCUT2D eigenvalue weighted by atomic mass is 9.96. The van der Waals surface area contributed by atoms with Gasteiger partial charge in [-0.05, 0) is 30.9 Å². The van der Waals surface area contributed by atoms with Gasteiger partial charge in [0.1, 0.15) is 6.61 Å². The maximum absolute atomic E-state index is 11.8. The Morgan fingerprint density at radius 1 is 1.29 bits per heavy atom. The zero-order chi connectivity index (χ0) is 14.9. The van der Waals surface area contributed by atoms with Crippen molar-refractivity contribution in [2.45, 2.75) is 19.3 Å². The van der Waals surface area contributed by atoms with Gasteiger partial charge in [0.25, 0.3) is 0 Å². The first kappa shape index (κ1) is 15.6. The van der Waals surface area contributed by atoms with Crippen LogP contribution in [-0.2, 0) is 9.53 Å². The van der Waals surface area contributed by atoms with E-state index in [4.69, 9.17) is 14.2 Å². The number of nitrogens with one attached hydrogen (secondary N) is 1. The van der Waals surface area contributed by atoms with Crippen LogP contribution < -0.4 is 14.8 Å². The standard InChI is InChI=1S/C16H23NO4/c1-19-14-4-2-3-5-15(14)21-11-8-17-16(18)12-13-6-9-20-10-7-13/h2-5,13H,6-12H2,1H3,(H,17,18). The molecule has 1 aromatic rings. The molecule has 0 spiro atoms. The molecule has 5 nitrogen and oxygen atoms in total. The molecule has 116 valence electrons. The number of hydrogen-bond donors (Lipinski definition) is 1. The smallest absolute Gasteiger partial charge is 0.220 e. The number of carbonyl (C=O) groups is 1. The maximum Gasteiger partial charge on any atom is 0.220 e. The number of carbonyl (C=O) groups excluding carboxylic acids is 1. The number of ether oxygens (including phenoxy) is 3. The van der Waals surface area contributed by atoms with Crippen LogP contribution in [0.5, 0.6) is 11.5 Å². The minimum Gasteiger partial charge on any atom is -0.493 e. The van der Waals surface area contributed by atoms with Gasteiger partial charge >= 0.3 is 0 Å². The van der Waals surface area contributed by atoms with E-state index >= 15 is 0 Å². The number of para-hydroxylation sites is 2. The summed E-state index contributed by atoms with van der Waals surface area (Å²) in [5.74, 6) is 1.93. The van der Waals surface area contributed by atoms with E-state index in [-0.39, 0.29) is 5.91 Å². The number of benzene rings is 1. The van der Waals surface area contributed by atoms with Crippen LogP contribution in [0.15, 0.2) is 24.3 Å². The lowest BCUT2D eigenvalue weighted by molar-refractivity contribution is -0.122. The molecule has 1 aliphatic heterocycles. The Labute approximate surface area is 125 Å². The molecular formula is C16H23NO4. The fourth-order valence-electron chi connectivity index (χ4n) is 2.37. The van der Waals surface area contributed by atoms with Gasteiger partial charge in [-0.3, -0.25) is 4.79 Å². The third-order valence-electron chi connectivity index (χ3n) is 3.57. The molecule has 1 amide bonds. The van der Waals surface area contributed by atoms with Gasteiger partial charge in [-0.2, -0.15) is 0 Å². The van der Waals surface area contributed by atoms with Crippen LogP contribution in [0.1, 0.15) is 19.3 Å². The third-order valence-corrected chi connectivity index (χ3v) is 3.57. The van der Waals surface area contributed by atoms with Crippen LogP contribution in [0.2, 0.25) is 0 Å². The minimum atomic E-state index is 0.0885. The van der Waals surface area contributed by atoms with E-state index < -0.39 is 0 Å². The topological polar surface area (TPSA) is 56.8 Å². The van der Waals surface area contributed by atoms with E-state index in [2.05, 4.69) is 5.32 Å². The van der Waals surface area contributed by atoms with Gasteiger partial charge in [0, 0.05) is 19.6 Å². The van der Waals surface area contributed by atoms with Crippen molar-refractivity contribution in [1.82, 2.24) is 5.32 Å². The van der Waals surface area contributed by atoms with Crippen LogP contribution in [0.25, 0.3) is 0 Å². The minimum absolute atomic E-state index is 0.0885. The van der Waals surface area contributed by atoms with E-state index in [0.717, 1.165) is 26.1 Å². The molecule has 0 aliphatic carbocycles. The molecule has 1 aliphatic rings. The Bertz CT molecular complexity index is 444. The summed E-state index contributed by atoms with van der Waals surface area (Å²) in [5.41, 5.74) is 0. The summed E-state index contributed by atoms with van der Waals surface area (Å²) in [7, 11) is 1.61. The Kier molecular flexibility index (Phi) is 6.34. The van der Waals surface area contributed by atoms with Crippen molar-refractivity contribution in [2.75, 3.05) is 33.5 Å². The summed E-state index contributed by atoms with van der Waals surface area (Å²) in [6.45, 7) is 2.48. The van der Waals surface area contributed by atoms with Crippen molar-refractivity contribution in [3.63, 3.8) is 0 Å². The molecule has 1 saturated heterocycles. The molecule has 5 heteroatoms. The lowest BCUT2D eigenvalue weighted by Gasteiger charge is -2.21. The molecule has 0 saturated carbocycles. The largest absolute Gasteiger partial charge is 0.493 e. The maximum atomic E-state index is 11.8. The Hall–Kier alpha value is -1.75. The number of rotatable bonds is 7. The Morgan fingerprint density at radius 3 is 2.71 bits per heavy atom. The highest BCUT2D eigenvalue weighted by Crippen LogP contribution is 2.25. The summed E-state index contributed by atoms with van der Waals surface area (Å²) >= 11 is 0. The lowest BCUT2D eigenvalue weighted by Crippen LogP contribution is -2.31. The monoisotopic (exact) mass is 293 g/mol. The first-order valence-electron chi connectivity index (χ1n) is 7.40. The van der Waals surface area contributed by atoms with Gasteiger partial charge in [0.15, 0.2) is 11.5 Å². The molecule has 0 aromatic heterocycles. The van der Waals surface area contributed by atoms with Gasteiger partial charge < -0.3 is 19.5 Å². The van der Waals surface area contributed by atoms with Crippen LogP contribution >= 0.6 is 0 Å². The van der Waals surface area contributed by atoms with Gasteiger partial charge in [0.05, 0.1) is 13.7 Å². The SMILES string of the molecule is COc1ccccc1OCCNC(=O)CC1CCOCC1. The zero-order valence-electron chi connectivity index (χ0n) is 12.5. The van der Waals surface area contributed by atoms with E-state index in [1.54, 1.807) is 7.11 Å². The van der Waals surface area contributed by atoms with Crippen molar-refractivity contribution < 1.29 is 19.0 Å². The van der Waals surface area contributed by atoms with Crippen molar-refractivity contribution in [1.29, 1.82) is 0 Å². The van der Waals surface area contributed by atoms with Crippen molar-refractivity contribution >= 4 is 5.91 Å². The van der Waals surface area contributed by atoms with Gasteiger partial charge in [-0.1, -0.05) is 12.1 Å². The average Bonchev–Trinajstić information content (AvgIpc) is 2.53. The van der Waals surface area contributed by atoms with E-state index in [1.807, 2.05) is 24.3 Å². The number of methoxy groups -OCH3 is 1. The normalized spacial score (nSPS) is 15.5. The summed E-state index contributed by atoms with van der Waals surface area (Å²) in [6, 6.07) is 7.48. The summed E-state index contributed by atoms with van der Waals surface area (Å²) in [6.07, 6.45) is 2.54. The van der Waals surface area contributed by atoms with Gasteiger partial charge in [0.2, 0.25) is 5.91 Å². The summed E-state index contributed by atoms with van der Waals surface area (Å²) < 4.78 is 16.1. The van der Waals surface area contributed by atoms with Crippen LogP contribution in [0, 0.1) is 5.92 Å². The summed E-state index contributed by atoms with van der Waals surface area (Å²) in [4.78, 5) is 11.8. The van der Waals surface area contributed by atoms with Gasteiger partial charge in [-0.25, -0.2) is 0 Å². The third kappa shape index (κ3) is 5.27. The molecule has 0 radical (unpaired) electrons. The predicted molar refractivity (Wildman–Crippen MR) is 79.7 cm³/mol. The molecule has 0 unspecified atom stereocenters. The zero-order valence-corrected chi connectivity index (χ0v) is 12.5. The van der Waals surface area contributed by atoms with Crippen molar-refractivity contribution in [3.8, 4) is 11.5 Å². The second-order valence-electron chi connectivity index (χ2n) is 5.11. The second kappa shape index (κ2) is 8.52. The average molecular weight is 293 g/mol. The van der Waals surface area contributed by atoms with Crippen LogP contribution in [0.4, 0.5) is 0 Å². The molecule has 1 aromatic carbocycles. The Morgan fingerprint density at radius 2 is 2.00 bits per heavy atom. The number of amides is 1. The molecule has 1 N–H and O–H groups in total. The second-order valence-corrected chi connectivity index (χ2v) is 5.11. The fourth-order valence-corrected chi connectivity index (χ4v) is 2.37.